The number of hydrogen-bond donors (Lipinski definition) is 0. The van der Waals surface area contributed by atoms with E-state index in [-0.39, 0.29) is 11.0 Å². The second-order valence-electron chi connectivity index (χ2n) is 6.20. The molecule has 138 valence electrons. The molecule has 3 rings (SSSR count). The first-order chi connectivity index (χ1) is 12.9. The van der Waals surface area contributed by atoms with Crippen LogP contribution in [0, 0.1) is 6.92 Å². The predicted molar refractivity (Wildman–Crippen MR) is 117 cm³/mol. The third-order valence-corrected chi connectivity index (χ3v) is 6.67. The number of thioether (sulfide) groups is 1. The van der Waals surface area contributed by atoms with E-state index in [9.17, 15) is 4.79 Å². The Morgan fingerprint density at radius 2 is 1.59 bits per heavy atom. The molecule has 0 radical (unpaired) electrons. The van der Waals surface area contributed by atoms with Crippen molar-refractivity contribution < 1.29 is 4.79 Å². The van der Waals surface area contributed by atoms with Crippen LogP contribution in [0.15, 0.2) is 71.6 Å². The van der Waals surface area contributed by atoms with E-state index in [4.69, 9.17) is 34.8 Å². The van der Waals surface area contributed by atoms with Gasteiger partial charge in [-0.2, -0.15) is 0 Å². The van der Waals surface area contributed by atoms with E-state index in [1.807, 2.05) is 67.6 Å². The van der Waals surface area contributed by atoms with E-state index in [0.717, 1.165) is 16.0 Å². The average Bonchev–Trinajstić information content (AvgIpc) is 2.66. The summed E-state index contributed by atoms with van der Waals surface area (Å²) in [7, 11) is 0. The summed E-state index contributed by atoms with van der Waals surface area (Å²) in [4.78, 5) is 13.7. The topological polar surface area (TPSA) is 17.1 Å². The lowest BCUT2D eigenvalue weighted by molar-refractivity contribution is 0.0982. The number of Topliss-reactive ketones (excluding diaryl/α,β-unsaturated/α-hetero) is 1. The highest BCUT2D eigenvalue weighted by molar-refractivity contribution is 7.99. The summed E-state index contributed by atoms with van der Waals surface area (Å²) in [5, 5.41) is 1.56. The molecule has 0 amide bonds. The van der Waals surface area contributed by atoms with Gasteiger partial charge in [0.1, 0.15) is 0 Å². The number of hydrogen-bond acceptors (Lipinski definition) is 2. The van der Waals surface area contributed by atoms with Crippen molar-refractivity contribution in [2.75, 3.05) is 0 Å². The lowest BCUT2D eigenvalue weighted by Gasteiger charge is -2.18. The molecule has 3 aromatic carbocycles. The maximum atomic E-state index is 12.9. The third kappa shape index (κ3) is 5.30. The zero-order chi connectivity index (χ0) is 19.4. The van der Waals surface area contributed by atoms with E-state index in [0.29, 0.717) is 27.1 Å². The molecule has 0 aliphatic heterocycles. The van der Waals surface area contributed by atoms with E-state index >= 15 is 0 Å². The van der Waals surface area contributed by atoms with E-state index < -0.39 is 0 Å². The first kappa shape index (κ1) is 20.3. The van der Waals surface area contributed by atoms with Crippen LogP contribution in [-0.2, 0) is 0 Å². The Bertz CT molecular complexity index is 937. The Kier molecular flexibility index (Phi) is 6.88. The van der Waals surface area contributed by atoms with Gasteiger partial charge in [-0.1, -0.05) is 82.8 Å². The number of benzene rings is 3. The minimum Gasteiger partial charge on any atom is -0.294 e. The van der Waals surface area contributed by atoms with Crippen LogP contribution in [0.3, 0.4) is 0 Å². The first-order valence-electron chi connectivity index (χ1n) is 8.40. The molecule has 0 heterocycles. The molecule has 1 nitrogen and oxygen atoms in total. The standard InChI is InChI=1S/C22H17Cl3OS/c1-14-5-7-15(8-6-14)19(26)13-21(16-9-11-17(23)12-10-16)27-20-4-2-3-18(24)22(20)25/h2-12,21H,13H2,1H3. The van der Waals surface area contributed by atoms with Crippen molar-refractivity contribution in [3.63, 3.8) is 0 Å². The van der Waals surface area contributed by atoms with Crippen molar-refractivity contribution in [2.24, 2.45) is 0 Å². The highest BCUT2D eigenvalue weighted by atomic mass is 35.5. The molecule has 0 N–H and O–H groups in total. The molecule has 1 unspecified atom stereocenters. The fourth-order valence-corrected chi connectivity index (χ4v) is 4.48. The van der Waals surface area contributed by atoms with Crippen LogP contribution >= 0.6 is 46.6 Å². The van der Waals surface area contributed by atoms with Crippen LogP contribution in [0.2, 0.25) is 15.1 Å². The van der Waals surface area contributed by atoms with Crippen LogP contribution in [0.4, 0.5) is 0 Å². The molecular weight excluding hydrogens is 419 g/mol. The summed E-state index contributed by atoms with van der Waals surface area (Å²) in [6.45, 7) is 2.00. The van der Waals surface area contributed by atoms with E-state index in [2.05, 4.69) is 0 Å². The Labute approximate surface area is 178 Å². The van der Waals surface area contributed by atoms with Crippen LogP contribution in [0.1, 0.15) is 33.2 Å². The molecule has 0 aliphatic carbocycles. The lowest BCUT2D eigenvalue weighted by atomic mass is 10.0. The summed E-state index contributed by atoms with van der Waals surface area (Å²) < 4.78 is 0. The summed E-state index contributed by atoms with van der Waals surface area (Å²) in [5.74, 6) is 0.0839. The fourth-order valence-electron chi connectivity index (χ4n) is 2.66. The van der Waals surface area contributed by atoms with Crippen molar-refractivity contribution in [1.82, 2.24) is 0 Å². The van der Waals surface area contributed by atoms with Gasteiger partial charge < -0.3 is 0 Å². The van der Waals surface area contributed by atoms with Crippen molar-refractivity contribution in [3.05, 3.63) is 98.5 Å². The van der Waals surface area contributed by atoms with Gasteiger partial charge in [-0.15, -0.1) is 11.8 Å². The normalized spacial score (nSPS) is 12.0. The molecule has 0 spiro atoms. The van der Waals surface area contributed by atoms with Crippen LogP contribution in [-0.4, -0.2) is 5.78 Å². The summed E-state index contributed by atoms with van der Waals surface area (Å²) in [6, 6.07) is 20.7. The Balaban J connectivity index is 1.89. The lowest BCUT2D eigenvalue weighted by Crippen LogP contribution is -2.05. The number of halogens is 3. The second-order valence-corrected chi connectivity index (χ2v) is 8.67. The maximum absolute atomic E-state index is 12.9. The monoisotopic (exact) mass is 434 g/mol. The quantitative estimate of drug-likeness (QED) is 0.287. The van der Waals surface area contributed by atoms with E-state index in [1.165, 1.54) is 11.8 Å². The molecule has 0 aliphatic rings. The molecule has 5 heteroatoms. The smallest absolute Gasteiger partial charge is 0.164 e. The van der Waals surface area contributed by atoms with Gasteiger partial charge in [-0.3, -0.25) is 4.79 Å². The number of ketones is 1. The molecule has 0 saturated carbocycles. The van der Waals surface area contributed by atoms with Crippen molar-refractivity contribution in [3.8, 4) is 0 Å². The second kappa shape index (κ2) is 9.16. The number of carbonyl (C=O) groups excluding carboxylic acids is 1. The van der Waals surface area contributed by atoms with Gasteiger partial charge in [-0.25, -0.2) is 0 Å². The highest BCUT2D eigenvalue weighted by Gasteiger charge is 2.20. The maximum Gasteiger partial charge on any atom is 0.164 e. The first-order valence-corrected chi connectivity index (χ1v) is 10.4. The summed E-state index contributed by atoms with van der Waals surface area (Å²) >= 11 is 20.1. The largest absolute Gasteiger partial charge is 0.294 e. The third-order valence-electron chi connectivity index (χ3n) is 4.17. The van der Waals surface area contributed by atoms with Gasteiger partial charge in [-0.05, 0) is 36.8 Å². The molecule has 0 bridgehead atoms. The molecule has 1 atom stereocenters. The zero-order valence-corrected chi connectivity index (χ0v) is 17.7. The highest BCUT2D eigenvalue weighted by Crippen LogP contribution is 2.43. The number of rotatable bonds is 6. The Morgan fingerprint density at radius 1 is 0.926 bits per heavy atom. The van der Waals surface area contributed by atoms with Gasteiger partial charge in [0.15, 0.2) is 5.78 Å². The molecule has 0 fully saturated rings. The molecular formula is C22H17Cl3OS. The molecule has 27 heavy (non-hydrogen) atoms. The van der Waals surface area contributed by atoms with Crippen LogP contribution in [0.25, 0.3) is 0 Å². The Hall–Kier alpha value is -1.45. The SMILES string of the molecule is Cc1ccc(C(=O)CC(Sc2cccc(Cl)c2Cl)c2ccc(Cl)cc2)cc1. The van der Waals surface area contributed by atoms with Gasteiger partial charge >= 0.3 is 0 Å². The van der Waals surface area contributed by atoms with Gasteiger partial charge in [0.05, 0.1) is 10.0 Å². The summed E-state index contributed by atoms with van der Waals surface area (Å²) in [6.07, 6.45) is 0.345. The van der Waals surface area contributed by atoms with E-state index in [1.54, 1.807) is 6.07 Å². The predicted octanol–water partition coefficient (Wildman–Crippen LogP) is 8.06. The minimum absolute atomic E-state index is 0.0839. The fraction of sp³-hybridized carbons (Fsp3) is 0.136. The molecule has 0 aromatic heterocycles. The van der Waals surface area contributed by atoms with Crippen molar-refractivity contribution >= 4 is 52.3 Å². The summed E-state index contributed by atoms with van der Waals surface area (Å²) in [5.41, 5.74) is 2.85. The Morgan fingerprint density at radius 3 is 2.26 bits per heavy atom. The van der Waals surface area contributed by atoms with Crippen LogP contribution in [0.5, 0.6) is 0 Å². The number of carbonyl (C=O) groups is 1. The van der Waals surface area contributed by atoms with Gasteiger partial charge in [0, 0.05) is 27.2 Å². The van der Waals surface area contributed by atoms with Gasteiger partial charge in [0.2, 0.25) is 0 Å². The zero-order valence-electron chi connectivity index (χ0n) is 14.6. The van der Waals surface area contributed by atoms with Crippen molar-refractivity contribution in [1.29, 1.82) is 0 Å². The molecule has 3 aromatic rings. The van der Waals surface area contributed by atoms with Crippen molar-refractivity contribution in [2.45, 2.75) is 23.5 Å². The minimum atomic E-state index is -0.105. The average molecular weight is 436 g/mol. The van der Waals surface area contributed by atoms with Crippen LogP contribution < -0.4 is 0 Å². The molecule has 0 saturated heterocycles. The number of aryl methyl sites for hydroxylation is 1. The van der Waals surface area contributed by atoms with Gasteiger partial charge in [0.25, 0.3) is 0 Å².